The van der Waals surface area contributed by atoms with Crippen LogP contribution in [0.5, 0.6) is 0 Å². The van der Waals surface area contributed by atoms with Crippen molar-refractivity contribution in [2.45, 2.75) is 57.6 Å². The molecule has 36 heavy (non-hydrogen) atoms. The van der Waals surface area contributed by atoms with Gasteiger partial charge in [-0.25, -0.2) is 18.1 Å². The second-order valence-electron chi connectivity index (χ2n) is 9.67. The van der Waals surface area contributed by atoms with Crippen LogP contribution in [0.4, 0.5) is 0 Å². The van der Waals surface area contributed by atoms with Crippen LogP contribution in [0.1, 0.15) is 72.1 Å². The first-order valence-electron chi connectivity index (χ1n) is 12.3. The minimum absolute atomic E-state index is 0.231. The first kappa shape index (κ1) is 25.9. The minimum Gasteiger partial charge on any atom is -0.437 e. The molecule has 0 bridgehead atoms. The minimum atomic E-state index is -3.62. The Morgan fingerprint density at radius 1 is 1.28 bits per heavy atom. The Morgan fingerprint density at radius 2 is 2.00 bits per heavy atom. The van der Waals surface area contributed by atoms with Crippen molar-refractivity contribution < 1.29 is 17.6 Å². The highest BCUT2D eigenvalue weighted by Crippen LogP contribution is 2.44. The molecule has 1 aromatic carbocycles. The van der Waals surface area contributed by atoms with Gasteiger partial charge in [-0.2, -0.15) is 5.26 Å². The number of aromatic nitrogens is 1. The number of aryl methyl sites for hydroxylation is 1. The smallest absolute Gasteiger partial charge is 0.255 e. The summed E-state index contributed by atoms with van der Waals surface area (Å²) in [6.45, 7) is 4.29. The van der Waals surface area contributed by atoms with Crippen LogP contribution in [-0.4, -0.2) is 32.9 Å². The number of furan rings is 1. The molecule has 8 nitrogen and oxygen atoms in total. The number of hydrogen-bond donors (Lipinski definition) is 2. The van der Waals surface area contributed by atoms with E-state index < -0.39 is 10.0 Å². The van der Waals surface area contributed by atoms with E-state index in [1.807, 2.05) is 44.2 Å². The van der Waals surface area contributed by atoms with Gasteiger partial charge in [0.15, 0.2) is 0 Å². The lowest BCUT2D eigenvalue weighted by atomic mass is 10.0. The van der Waals surface area contributed by atoms with Gasteiger partial charge in [0.2, 0.25) is 15.7 Å². The highest BCUT2D eigenvalue weighted by atomic mass is 32.2. The van der Waals surface area contributed by atoms with Crippen LogP contribution < -0.4 is 10.0 Å². The molecule has 0 saturated heterocycles. The summed E-state index contributed by atoms with van der Waals surface area (Å²) in [5.41, 5.74) is 3.82. The summed E-state index contributed by atoms with van der Waals surface area (Å²) < 4.78 is 34.5. The highest BCUT2D eigenvalue weighted by Gasteiger charge is 2.31. The van der Waals surface area contributed by atoms with E-state index in [0.29, 0.717) is 41.8 Å². The van der Waals surface area contributed by atoms with Crippen molar-refractivity contribution in [3.8, 4) is 17.4 Å². The third kappa shape index (κ3) is 5.94. The zero-order valence-corrected chi connectivity index (χ0v) is 21.7. The van der Waals surface area contributed by atoms with Crippen molar-refractivity contribution >= 4 is 27.0 Å². The lowest BCUT2D eigenvalue weighted by molar-refractivity contribution is 0.0964. The second-order valence-corrected chi connectivity index (χ2v) is 11.5. The van der Waals surface area contributed by atoms with Gasteiger partial charge in [-0.3, -0.25) is 4.79 Å². The Bertz CT molecular complexity index is 1400. The highest BCUT2D eigenvalue weighted by molar-refractivity contribution is 7.88. The van der Waals surface area contributed by atoms with E-state index in [1.54, 1.807) is 7.05 Å². The topological polar surface area (TPSA) is 125 Å². The van der Waals surface area contributed by atoms with E-state index in [-0.39, 0.29) is 29.2 Å². The average molecular weight is 509 g/mol. The predicted octanol–water partition coefficient (Wildman–Crippen LogP) is 4.79. The van der Waals surface area contributed by atoms with Gasteiger partial charge in [-0.05, 0) is 56.1 Å². The average Bonchev–Trinajstić information content (AvgIpc) is 3.62. The van der Waals surface area contributed by atoms with Crippen molar-refractivity contribution in [3.63, 3.8) is 0 Å². The summed E-state index contributed by atoms with van der Waals surface area (Å²) in [6, 6.07) is 11.7. The molecule has 3 aromatic rings. The molecule has 0 spiro atoms. The molecular formula is C27H32N4O4S. The summed E-state index contributed by atoms with van der Waals surface area (Å²) in [6.07, 6.45) is 3.83. The summed E-state index contributed by atoms with van der Waals surface area (Å²) >= 11 is 0. The first-order valence-corrected chi connectivity index (χ1v) is 14.0. The number of benzene rings is 1. The number of amides is 1. The molecule has 1 saturated carbocycles. The van der Waals surface area contributed by atoms with Gasteiger partial charge in [0.25, 0.3) is 5.91 Å². The Balaban J connectivity index is 1.65. The van der Waals surface area contributed by atoms with Crippen molar-refractivity contribution in [3.05, 3.63) is 52.7 Å². The molecular weight excluding hydrogens is 476 g/mol. The second kappa shape index (κ2) is 10.8. The summed E-state index contributed by atoms with van der Waals surface area (Å²) in [5.74, 6) is 0.359. The van der Waals surface area contributed by atoms with Crippen LogP contribution in [0.25, 0.3) is 22.4 Å². The molecule has 2 aromatic heterocycles. The number of pyridine rings is 1. The van der Waals surface area contributed by atoms with Gasteiger partial charge in [-0.1, -0.05) is 36.8 Å². The molecule has 2 N–H and O–H groups in total. The Labute approximate surface area is 212 Å². The van der Waals surface area contributed by atoms with E-state index in [4.69, 9.17) is 9.68 Å². The van der Waals surface area contributed by atoms with Crippen LogP contribution in [0.3, 0.4) is 0 Å². The van der Waals surface area contributed by atoms with Crippen LogP contribution >= 0.6 is 0 Å². The number of hydrogen-bond acceptors (Lipinski definition) is 6. The number of carbonyl (C=O) groups is 1. The molecule has 2 heterocycles. The van der Waals surface area contributed by atoms with E-state index in [9.17, 15) is 13.2 Å². The summed E-state index contributed by atoms with van der Waals surface area (Å²) in [4.78, 5) is 17.5. The van der Waals surface area contributed by atoms with Gasteiger partial charge >= 0.3 is 0 Å². The number of sulfonamides is 1. The van der Waals surface area contributed by atoms with E-state index in [0.717, 1.165) is 36.0 Å². The SMILES string of the molecule is CNC(=O)c1c(-c2ccc(C)cc2)oc2nc(CS(=O)(=O)NCCCC(C)CC#N)c(C3CC3)cc12. The maximum atomic E-state index is 12.9. The predicted molar refractivity (Wildman–Crippen MR) is 139 cm³/mol. The number of rotatable bonds is 11. The standard InChI is InChI=1S/C27H32N4O4S/c1-17(12-13-28)5-4-14-30-36(33,34)16-23-21(19-10-11-19)15-22-24(26(32)29-3)25(35-27(22)31-23)20-8-6-18(2)7-9-20/h6-9,15,17,19,30H,4-5,10-12,14,16H2,1-3H3,(H,29,32). The summed E-state index contributed by atoms with van der Waals surface area (Å²) in [5, 5.41) is 12.1. The fraction of sp³-hybridized carbons (Fsp3) is 0.444. The van der Waals surface area contributed by atoms with Crippen LogP contribution in [0, 0.1) is 24.2 Å². The molecule has 0 radical (unpaired) electrons. The Morgan fingerprint density at radius 3 is 2.64 bits per heavy atom. The molecule has 4 rings (SSSR count). The number of carbonyl (C=O) groups excluding carboxylic acids is 1. The Kier molecular flexibility index (Phi) is 7.76. The van der Waals surface area contributed by atoms with Crippen molar-refractivity contribution in [2.75, 3.05) is 13.6 Å². The molecule has 1 fully saturated rings. The van der Waals surface area contributed by atoms with Gasteiger partial charge in [0, 0.05) is 25.6 Å². The van der Waals surface area contributed by atoms with Crippen LogP contribution in [0.2, 0.25) is 0 Å². The fourth-order valence-corrected chi connectivity index (χ4v) is 5.51. The number of nitriles is 1. The normalized spacial score (nSPS) is 14.5. The van der Waals surface area contributed by atoms with Crippen LogP contribution in [0.15, 0.2) is 34.7 Å². The molecule has 1 atom stereocenters. The molecule has 1 unspecified atom stereocenters. The quantitative estimate of drug-likeness (QED) is 0.359. The molecule has 190 valence electrons. The van der Waals surface area contributed by atoms with Gasteiger partial charge < -0.3 is 9.73 Å². The van der Waals surface area contributed by atoms with Crippen molar-refractivity contribution in [2.24, 2.45) is 5.92 Å². The molecule has 9 heteroatoms. The zero-order valence-electron chi connectivity index (χ0n) is 20.9. The Hall–Kier alpha value is -3.22. The number of nitrogens with zero attached hydrogens (tertiary/aromatic N) is 2. The lowest BCUT2D eigenvalue weighted by Gasteiger charge is -2.11. The van der Waals surface area contributed by atoms with Crippen LogP contribution in [-0.2, 0) is 15.8 Å². The molecule has 0 aliphatic heterocycles. The van der Waals surface area contributed by atoms with Crippen molar-refractivity contribution in [1.29, 1.82) is 5.26 Å². The van der Waals surface area contributed by atoms with Gasteiger partial charge in [-0.15, -0.1) is 0 Å². The zero-order chi connectivity index (χ0) is 25.9. The third-order valence-electron chi connectivity index (χ3n) is 6.54. The largest absolute Gasteiger partial charge is 0.437 e. The molecule has 1 amide bonds. The van der Waals surface area contributed by atoms with Crippen molar-refractivity contribution in [1.82, 2.24) is 15.0 Å². The number of fused-ring (bicyclic) bond motifs is 1. The van der Waals surface area contributed by atoms with E-state index in [1.165, 1.54) is 0 Å². The molecule has 1 aliphatic rings. The molecule has 1 aliphatic carbocycles. The van der Waals surface area contributed by atoms with Gasteiger partial charge in [0.1, 0.15) is 11.5 Å². The lowest BCUT2D eigenvalue weighted by Crippen LogP contribution is -2.27. The maximum absolute atomic E-state index is 12.9. The number of nitrogens with one attached hydrogen (secondary N) is 2. The summed E-state index contributed by atoms with van der Waals surface area (Å²) in [7, 11) is -2.05. The maximum Gasteiger partial charge on any atom is 0.255 e. The van der Waals surface area contributed by atoms with E-state index in [2.05, 4.69) is 21.1 Å². The third-order valence-corrected chi connectivity index (χ3v) is 7.84. The monoisotopic (exact) mass is 508 g/mol. The first-order chi connectivity index (χ1) is 17.2. The van der Waals surface area contributed by atoms with E-state index >= 15 is 0 Å². The van der Waals surface area contributed by atoms with Gasteiger partial charge in [0.05, 0.1) is 22.7 Å². The fourth-order valence-electron chi connectivity index (χ4n) is 4.36.